The van der Waals surface area contributed by atoms with Crippen LogP contribution < -0.4 is 9.47 Å². The van der Waals surface area contributed by atoms with Gasteiger partial charge in [-0.3, -0.25) is 4.90 Å². The van der Waals surface area contributed by atoms with Crippen molar-refractivity contribution in [3.05, 3.63) is 41.0 Å². The molecule has 0 radical (unpaired) electrons. The largest absolute Gasteiger partial charge is 0.504 e. The number of fused-ring (bicyclic) bond motifs is 1. The molecule has 1 aliphatic heterocycles. The van der Waals surface area contributed by atoms with Crippen molar-refractivity contribution in [1.82, 2.24) is 14.9 Å². The molecule has 1 aliphatic carbocycles. The first-order valence-corrected chi connectivity index (χ1v) is 8.69. The maximum absolute atomic E-state index is 10.1. The highest BCUT2D eigenvalue weighted by Crippen LogP contribution is 2.39. The molecule has 0 spiro atoms. The average Bonchev–Trinajstić information content (AvgIpc) is 3.46. The molecule has 25 heavy (non-hydrogen) atoms. The Hall–Kier alpha value is -2.34. The molecule has 0 unspecified atom stereocenters. The third kappa shape index (κ3) is 3.26. The maximum Gasteiger partial charge on any atom is 0.203 e. The third-order valence-corrected chi connectivity index (χ3v) is 4.90. The van der Waals surface area contributed by atoms with Gasteiger partial charge in [-0.2, -0.15) is 0 Å². The number of phenolic OH excluding ortho intramolecular Hbond substituents is 1. The van der Waals surface area contributed by atoms with Gasteiger partial charge in [0.1, 0.15) is 5.82 Å². The van der Waals surface area contributed by atoms with Crippen LogP contribution in [0.3, 0.4) is 0 Å². The van der Waals surface area contributed by atoms with Crippen molar-refractivity contribution >= 4 is 0 Å². The molecule has 4 rings (SSSR count). The number of benzene rings is 1. The van der Waals surface area contributed by atoms with Crippen LogP contribution in [-0.2, 0) is 19.5 Å². The second-order valence-electron chi connectivity index (χ2n) is 6.79. The molecule has 132 valence electrons. The van der Waals surface area contributed by atoms with Gasteiger partial charge in [0.25, 0.3) is 0 Å². The van der Waals surface area contributed by atoms with Gasteiger partial charge in [-0.25, -0.2) is 9.97 Å². The fraction of sp³-hybridized carbons (Fsp3) is 0.474. The van der Waals surface area contributed by atoms with Gasteiger partial charge in [-0.1, -0.05) is 0 Å². The summed E-state index contributed by atoms with van der Waals surface area (Å²) in [6, 6.07) is 3.66. The number of rotatable bonds is 5. The Morgan fingerprint density at radius 1 is 1.24 bits per heavy atom. The maximum atomic E-state index is 10.1. The summed E-state index contributed by atoms with van der Waals surface area (Å²) in [6.45, 7) is 2.51. The number of phenols is 1. The van der Waals surface area contributed by atoms with Crippen molar-refractivity contribution in [2.45, 2.75) is 38.3 Å². The molecule has 2 aliphatic rings. The smallest absolute Gasteiger partial charge is 0.203 e. The molecule has 2 aromatic rings. The second kappa shape index (κ2) is 6.52. The Bertz CT molecular complexity index is 790. The van der Waals surface area contributed by atoms with E-state index in [9.17, 15) is 5.11 Å². The molecule has 1 saturated carbocycles. The first kappa shape index (κ1) is 16.1. The van der Waals surface area contributed by atoms with Gasteiger partial charge >= 0.3 is 0 Å². The van der Waals surface area contributed by atoms with Crippen LogP contribution >= 0.6 is 0 Å². The second-order valence-corrected chi connectivity index (χ2v) is 6.79. The lowest BCUT2D eigenvalue weighted by molar-refractivity contribution is 0.241. The molecule has 6 heteroatoms. The highest BCUT2D eigenvalue weighted by Gasteiger charge is 2.28. The van der Waals surface area contributed by atoms with E-state index < -0.39 is 0 Å². The Morgan fingerprint density at radius 2 is 2.08 bits per heavy atom. The standard InChI is InChI=1S/C19H23N3O3/c1-24-17-8-12(7-16(23)18(17)25-2)10-22-6-5-15-14(11-22)9-20-19(21-15)13-3-4-13/h7-9,13,23H,3-6,10-11H2,1-2H3. The molecule has 6 nitrogen and oxygen atoms in total. The zero-order valence-corrected chi connectivity index (χ0v) is 14.7. The van der Waals surface area contributed by atoms with Crippen molar-refractivity contribution < 1.29 is 14.6 Å². The highest BCUT2D eigenvalue weighted by molar-refractivity contribution is 5.53. The van der Waals surface area contributed by atoms with Gasteiger partial charge in [-0.05, 0) is 30.5 Å². The van der Waals surface area contributed by atoms with Gasteiger partial charge in [0.05, 0.1) is 14.2 Å². The topological polar surface area (TPSA) is 67.7 Å². The van der Waals surface area contributed by atoms with E-state index >= 15 is 0 Å². The lowest BCUT2D eigenvalue weighted by Gasteiger charge is -2.28. The summed E-state index contributed by atoms with van der Waals surface area (Å²) >= 11 is 0. The van der Waals surface area contributed by atoms with Gasteiger partial charge in [0, 0.05) is 49.4 Å². The summed E-state index contributed by atoms with van der Waals surface area (Å²) in [5.41, 5.74) is 3.40. The summed E-state index contributed by atoms with van der Waals surface area (Å²) < 4.78 is 10.5. The molecule has 0 saturated heterocycles. The summed E-state index contributed by atoms with van der Waals surface area (Å²) in [5.74, 6) is 2.64. The van der Waals surface area contributed by atoms with E-state index in [1.54, 1.807) is 13.2 Å². The van der Waals surface area contributed by atoms with Crippen molar-refractivity contribution in [2.75, 3.05) is 20.8 Å². The lowest BCUT2D eigenvalue weighted by atomic mass is 10.1. The molecule has 2 heterocycles. The first-order valence-electron chi connectivity index (χ1n) is 8.69. The molecule has 1 N–H and O–H groups in total. The summed E-state index contributed by atoms with van der Waals surface area (Å²) in [5, 5.41) is 10.1. The Kier molecular flexibility index (Phi) is 4.21. The molecule has 0 bridgehead atoms. The fourth-order valence-electron chi connectivity index (χ4n) is 3.41. The van der Waals surface area contributed by atoms with Gasteiger partial charge in [0.2, 0.25) is 5.75 Å². The number of aromatic hydroxyl groups is 1. The normalized spacial score (nSPS) is 17.2. The van der Waals surface area contributed by atoms with E-state index in [1.165, 1.54) is 31.2 Å². The van der Waals surface area contributed by atoms with Crippen LogP contribution in [-0.4, -0.2) is 40.7 Å². The van der Waals surface area contributed by atoms with Gasteiger partial charge in [0.15, 0.2) is 11.5 Å². The predicted molar refractivity (Wildman–Crippen MR) is 93.0 cm³/mol. The third-order valence-electron chi connectivity index (χ3n) is 4.90. The lowest BCUT2D eigenvalue weighted by Crippen LogP contribution is -2.31. The van der Waals surface area contributed by atoms with E-state index in [1.807, 2.05) is 12.3 Å². The van der Waals surface area contributed by atoms with Crippen LogP contribution in [0.2, 0.25) is 0 Å². The Balaban J connectivity index is 1.50. The van der Waals surface area contributed by atoms with E-state index in [0.29, 0.717) is 17.4 Å². The molecule has 0 amide bonds. The van der Waals surface area contributed by atoms with Gasteiger partial charge in [-0.15, -0.1) is 0 Å². The van der Waals surface area contributed by atoms with E-state index in [0.717, 1.165) is 37.4 Å². The monoisotopic (exact) mass is 341 g/mol. The zero-order chi connectivity index (χ0) is 17.4. The number of ether oxygens (including phenoxy) is 2. The average molecular weight is 341 g/mol. The number of hydrogen-bond acceptors (Lipinski definition) is 6. The quantitative estimate of drug-likeness (QED) is 0.902. The van der Waals surface area contributed by atoms with Crippen LogP contribution in [0.25, 0.3) is 0 Å². The molecular weight excluding hydrogens is 318 g/mol. The van der Waals surface area contributed by atoms with Gasteiger partial charge < -0.3 is 14.6 Å². The minimum atomic E-state index is 0.103. The van der Waals surface area contributed by atoms with Crippen LogP contribution in [0.1, 0.15) is 41.4 Å². The van der Waals surface area contributed by atoms with Crippen molar-refractivity contribution in [2.24, 2.45) is 0 Å². The zero-order valence-electron chi connectivity index (χ0n) is 14.7. The number of nitrogens with zero attached hydrogens (tertiary/aromatic N) is 3. The van der Waals surface area contributed by atoms with Crippen molar-refractivity contribution in [3.8, 4) is 17.2 Å². The minimum Gasteiger partial charge on any atom is -0.504 e. The summed E-state index contributed by atoms with van der Waals surface area (Å²) in [4.78, 5) is 11.6. The predicted octanol–water partition coefficient (Wildman–Crippen LogP) is 2.64. The fourth-order valence-corrected chi connectivity index (χ4v) is 3.41. The molecule has 1 aromatic heterocycles. The van der Waals surface area contributed by atoms with Crippen molar-refractivity contribution in [1.29, 1.82) is 0 Å². The Labute approximate surface area is 147 Å². The first-order chi connectivity index (χ1) is 12.2. The highest BCUT2D eigenvalue weighted by atomic mass is 16.5. The number of aromatic nitrogens is 2. The minimum absolute atomic E-state index is 0.103. The number of methoxy groups -OCH3 is 2. The van der Waals surface area contributed by atoms with Crippen LogP contribution in [0.4, 0.5) is 0 Å². The molecule has 0 atom stereocenters. The SMILES string of the molecule is COc1cc(CN2CCc3nc(C4CC4)ncc3C2)cc(O)c1OC. The summed E-state index contributed by atoms with van der Waals surface area (Å²) in [7, 11) is 3.10. The van der Waals surface area contributed by atoms with Crippen LogP contribution in [0, 0.1) is 0 Å². The van der Waals surface area contributed by atoms with Crippen LogP contribution in [0.5, 0.6) is 17.2 Å². The van der Waals surface area contributed by atoms with Crippen molar-refractivity contribution in [3.63, 3.8) is 0 Å². The van der Waals surface area contributed by atoms with E-state index in [4.69, 9.17) is 14.5 Å². The molecule has 1 fully saturated rings. The Morgan fingerprint density at radius 3 is 2.80 bits per heavy atom. The van der Waals surface area contributed by atoms with Crippen LogP contribution in [0.15, 0.2) is 18.3 Å². The number of hydrogen-bond donors (Lipinski definition) is 1. The molecular formula is C19H23N3O3. The molecule has 1 aromatic carbocycles. The van der Waals surface area contributed by atoms with E-state index in [2.05, 4.69) is 9.88 Å². The summed E-state index contributed by atoms with van der Waals surface area (Å²) in [6.07, 6.45) is 5.40. The van der Waals surface area contributed by atoms with E-state index in [-0.39, 0.29) is 5.75 Å².